The summed E-state index contributed by atoms with van der Waals surface area (Å²) in [6.45, 7) is 4.17. The minimum Gasteiger partial charge on any atom is -0.756 e. The molecule has 0 radical (unpaired) electrons. The summed E-state index contributed by atoms with van der Waals surface area (Å²) in [5.41, 5.74) is 0. The number of phosphoric ester groups is 1. The van der Waals surface area contributed by atoms with Crippen molar-refractivity contribution >= 4 is 19.8 Å². The van der Waals surface area contributed by atoms with E-state index in [1.165, 1.54) is 199 Å². The van der Waals surface area contributed by atoms with Crippen LogP contribution in [-0.2, 0) is 32.7 Å². The van der Waals surface area contributed by atoms with Gasteiger partial charge in [-0.15, -0.1) is 0 Å². The van der Waals surface area contributed by atoms with Crippen molar-refractivity contribution in [3.8, 4) is 0 Å². The average molecular weight is 1090 g/mol. The van der Waals surface area contributed by atoms with E-state index in [9.17, 15) is 19.0 Å². The van der Waals surface area contributed by atoms with Crippen molar-refractivity contribution in [2.75, 3.05) is 47.5 Å². The Morgan fingerprint density at radius 2 is 0.750 bits per heavy atom. The van der Waals surface area contributed by atoms with Gasteiger partial charge in [-0.1, -0.05) is 267 Å². The molecule has 2 unspecified atom stereocenters. The third kappa shape index (κ3) is 60.9. The first-order valence-corrected chi connectivity index (χ1v) is 33.5. The molecular weight excluding hydrogens is 966 g/mol. The summed E-state index contributed by atoms with van der Waals surface area (Å²) in [6.07, 6.45) is 74.2. The van der Waals surface area contributed by atoms with Crippen LogP contribution in [0.2, 0.25) is 0 Å². The van der Waals surface area contributed by atoms with Crippen LogP contribution in [0, 0.1) is 0 Å². The molecule has 0 amide bonds. The summed E-state index contributed by atoms with van der Waals surface area (Å²) in [4.78, 5) is 38.0. The first-order valence-electron chi connectivity index (χ1n) is 32.0. The lowest BCUT2D eigenvalue weighted by Crippen LogP contribution is -2.37. The molecule has 9 nitrogen and oxygen atoms in total. The van der Waals surface area contributed by atoms with Crippen LogP contribution < -0.4 is 4.89 Å². The molecule has 2 atom stereocenters. The predicted molar refractivity (Wildman–Crippen MR) is 323 cm³/mol. The first kappa shape index (κ1) is 73.7. The molecule has 0 bridgehead atoms. The summed E-state index contributed by atoms with van der Waals surface area (Å²) in [6, 6.07) is 0. The number of ether oxygens (including phenoxy) is 2. The number of hydrogen-bond acceptors (Lipinski definition) is 8. The molecule has 0 aromatic rings. The summed E-state index contributed by atoms with van der Waals surface area (Å²) in [7, 11) is 1.17. The second-order valence-electron chi connectivity index (χ2n) is 22.7. The van der Waals surface area contributed by atoms with Gasteiger partial charge in [-0.25, -0.2) is 0 Å². The van der Waals surface area contributed by atoms with Crippen LogP contribution in [0.25, 0.3) is 0 Å². The molecule has 0 fully saturated rings. The Kier molecular flexibility index (Phi) is 55.7. The van der Waals surface area contributed by atoms with Crippen LogP contribution in [0.3, 0.4) is 0 Å². The summed E-state index contributed by atoms with van der Waals surface area (Å²) in [5, 5.41) is 0. The number of rotatable bonds is 59. The number of phosphoric acid groups is 1. The molecule has 0 spiro atoms. The third-order valence-corrected chi connectivity index (χ3v) is 15.0. The molecule has 0 heterocycles. The maximum Gasteiger partial charge on any atom is 0.306 e. The zero-order valence-electron chi connectivity index (χ0n) is 50.5. The van der Waals surface area contributed by atoms with Gasteiger partial charge in [0.15, 0.2) is 6.10 Å². The van der Waals surface area contributed by atoms with Gasteiger partial charge in [-0.3, -0.25) is 14.2 Å². The lowest BCUT2D eigenvalue weighted by atomic mass is 10.0. The molecule has 0 aliphatic carbocycles. The molecule has 10 heteroatoms. The van der Waals surface area contributed by atoms with Crippen LogP contribution in [0.4, 0.5) is 0 Å². The van der Waals surface area contributed by atoms with Crippen molar-refractivity contribution in [2.24, 2.45) is 0 Å². The number of likely N-dealkylation sites (N-methyl/N-ethyl adjacent to an activating group) is 1. The molecule has 0 aromatic heterocycles. The minimum absolute atomic E-state index is 0.0310. The van der Waals surface area contributed by atoms with Crippen LogP contribution in [-0.4, -0.2) is 70.0 Å². The Bertz CT molecular complexity index is 1470. The van der Waals surface area contributed by atoms with E-state index in [4.69, 9.17) is 18.5 Å². The van der Waals surface area contributed by atoms with Gasteiger partial charge >= 0.3 is 11.9 Å². The van der Waals surface area contributed by atoms with Gasteiger partial charge < -0.3 is 27.9 Å². The second kappa shape index (κ2) is 57.4. The Hall–Kier alpha value is -2.29. The summed E-state index contributed by atoms with van der Waals surface area (Å²) in [5.74, 6) is -0.823. The van der Waals surface area contributed by atoms with E-state index in [2.05, 4.69) is 74.6 Å². The van der Waals surface area contributed by atoms with E-state index < -0.39 is 26.5 Å². The number of unbranched alkanes of at least 4 members (excludes halogenated alkanes) is 35. The fraction of sp³-hybridized carbons (Fsp3) is 0.818. The van der Waals surface area contributed by atoms with E-state index in [1.54, 1.807) is 0 Å². The molecular formula is C66H122NO8P. The Balaban J connectivity index is 4.09. The van der Waals surface area contributed by atoms with E-state index in [-0.39, 0.29) is 32.0 Å². The fourth-order valence-electron chi connectivity index (χ4n) is 9.12. The fourth-order valence-corrected chi connectivity index (χ4v) is 9.84. The van der Waals surface area contributed by atoms with Gasteiger partial charge in [0.05, 0.1) is 27.7 Å². The van der Waals surface area contributed by atoms with Crippen molar-refractivity contribution in [3.05, 3.63) is 60.8 Å². The molecule has 0 aliphatic heterocycles. The summed E-state index contributed by atoms with van der Waals surface area (Å²) < 4.78 is 34.3. The molecule has 444 valence electrons. The first-order chi connectivity index (χ1) is 37.0. The minimum atomic E-state index is -4.64. The van der Waals surface area contributed by atoms with Crippen LogP contribution in [0.15, 0.2) is 60.8 Å². The number of hydrogen-bond donors (Lipinski definition) is 0. The molecule has 0 rings (SSSR count). The molecule has 0 saturated heterocycles. The van der Waals surface area contributed by atoms with Crippen LogP contribution in [0.5, 0.6) is 0 Å². The highest BCUT2D eigenvalue weighted by Gasteiger charge is 2.22. The maximum atomic E-state index is 12.8. The molecule has 0 aliphatic rings. The summed E-state index contributed by atoms with van der Waals surface area (Å²) >= 11 is 0. The Labute approximate surface area is 470 Å². The van der Waals surface area contributed by atoms with Gasteiger partial charge in [0.2, 0.25) is 0 Å². The lowest BCUT2D eigenvalue weighted by molar-refractivity contribution is -0.870. The van der Waals surface area contributed by atoms with Crippen LogP contribution >= 0.6 is 7.82 Å². The topological polar surface area (TPSA) is 111 Å². The standard InChI is InChI=1S/C66H122NO8P/c1-6-8-10-12-14-16-18-20-22-24-26-28-30-32-33-35-37-39-41-43-45-47-49-51-53-55-57-59-66(69)75-64(63-74-76(70,71)73-61-60-67(3,4)5)62-72-65(68)58-56-54-52-50-48-46-44-42-40-38-36-34-31-29-27-25-23-21-19-17-15-13-11-9-7-2/h8,10,14,16,20,22,25-28,64H,6-7,9,11-13,15,17-19,21,23-24,29-63H2,1-5H3/b10-8-,16-14-,22-20-,27-25-,28-26-. The molecule has 0 saturated carbocycles. The molecule has 0 N–H and O–H groups in total. The van der Waals surface area contributed by atoms with E-state index in [0.29, 0.717) is 17.4 Å². The van der Waals surface area contributed by atoms with Crippen molar-refractivity contribution in [1.29, 1.82) is 0 Å². The highest BCUT2D eigenvalue weighted by molar-refractivity contribution is 7.45. The van der Waals surface area contributed by atoms with Gasteiger partial charge in [0, 0.05) is 12.8 Å². The third-order valence-electron chi connectivity index (χ3n) is 14.0. The largest absolute Gasteiger partial charge is 0.756 e. The normalized spacial score (nSPS) is 13.6. The van der Waals surface area contributed by atoms with Gasteiger partial charge in [0.1, 0.15) is 19.8 Å². The zero-order valence-corrected chi connectivity index (χ0v) is 51.3. The number of carbonyl (C=O) groups is 2. The van der Waals surface area contributed by atoms with E-state index in [0.717, 1.165) is 64.2 Å². The number of esters is 2. The maximum absolute atomic E-state index is 12.8. The molecule has 0 aromatic carbocycles. The predicted octanol–water partition coefficient (Wildman–Crippen LogP) is 19.6. The van der Waals surface area contributed by atoms with E-state index in [1.807, 2.05) is 21.1 Å². The van der Waals surface area contributed by atoms with Crippen molar-refractivity contribution < 1.29 is 42.1 Å². The number of allylic oxidation sites excluding steroid dienone is 10. The van der Waals surface area contributed by atoms with Crippen LogP contribution in [0.1, 0.15) is 296 Å². The van der Waals surface area contributed by atoms with Gasteiger partial charge in [-0.2, -0.15) is 0 Å². The quantitative estimate of drug-likeness (QED) is 0.0195. The SMILES string of the molecule is CC/C=C\C/C=C\C/C=C\C/C=C\CCCCCCCCCCCCCCCCC(=O)OC(COC(=O)CCCCCCCCCCCCCCC/C=C\CCCCCCCCCC)COP(=O)([O-])OCC[N+](C)(C)C. The molecule has 76 heavy (non-hydrogen) atoms. The average Bonchev–Trinajstić information content (AvgIpc) is 3.38. The Morgan fingerprint density at radius 1 is 0.421 bits per heavy atom. The van der Waals surface area contributed by atoms with Gasteiger partial charge in [-0.05, 0) is 77.0 Å². The number of nitrogens with zero attached hydrogens (tertiary/aromatic N) is 1. The van der Waals surface area contributed by atoms with Crippen molar-refractivity contribution in [1.82, 2.24) is 0 Å². The highest BCUT2D eigenvalue weighted by Crippen LogP contribution is 2.38. The van der Waals surface area contributed by atoms with Crippen molar-refractivity contribution in [3.63, 3.8) is 0 Å². The Morgan fingerprint density at radius 3 is 1.13 bits per heavy atom. The van der Waals surface area contributed by atoms with E-state index >= 15 is 0 Å². The number of carbonyl (C=O) groups excluding carboxylic acids is 2. The monoisotopic (exact) mass is 1090 g/mol. The number of quaternary nitrogens is 1. The lowest BCUT2D eigenvalue weighted by Gasteiger charge is -2.28. The highest BCUT2D eigenvalue weighted by atomic mass is 31.2. The smallest absolute Gasteiger partial charge is 0.306 e. The second-order valence-corrected chi connectivity index (χ2v) is 24.2. The van der Waals surface area contributed by atoms with Crippen molar-refractivity contribution in [2.45, 2.75) is 302 Å². The zero-order chi connectivity index (χ0) is 55.6. The van der Waals surface area contributed by atoms with Gasteiger partial charge in [0.25, 0.3) is 7.82 Å².